The van der Waals surface area contributed by atoms with E-state index in [0.29, 0.717) is 0 Å². The van der Waals surface area contributed by atoms with E-state index in [9.17, 15) is 9.59 Å². The van der Waals surface area contributed by atoms with Gasteiger partial charge in [0.15, 0.2) is 5.65 Å². The molecule has 2 N–H and O–H groups in total. The van der Waals surface area contributed by atoms with Crippen molar-refractivity contribution in [2.24, 2.45) is 0 Å². The summed E-state index contributed by atoms with van der Waals surface area (Å²) in [6, 6.07) is 1.16. The van der Waals surface area contributed by atoms with Gasteiger partial charge in [0, 0.05) is 12.3 Å². The zero-order chi connectivity index (χ0) is 11.0. The molecule has 15 heavy (non-hydrogen) atoms. The number of nitrogens with one attached hydrogen (secondary N) is 1. The van der Waals surface area contributed by atoms with Gasteiger partial charge in [0.1, 0.15) is 5.02 Å². The van der Waals surface area contributed by atoms with Gasteiger partial charge in [-0.2, -0.15) is 0 Å². The molecule has 2 heterocycles. The summed E-state index contributed by atoms with van der Waals surface area (Å²) < 4.78 is 1.15. The number of hydrogen-bond donors (Lipinski definition) is 2. The van der Waals surface area contributed by atoms with Crippen molar-refractivity contribution in [1.82, 2.24) is 14.6 Å². The van der Waals surface area contributed by atoms with E-state index in [4.69, 9.17) is 16.7 Å². The molecule has 0 aromatic carbocycles. The van der Waals surface area contributed by atoms with Crippen molar-refractivity contribution < 1.29 is 9.90 Å². The van der Waals surface area contributed by atoms with Gasteiger partial charge in [0.2, 0.25) is 0 Å². The molecular weight excluding hydrogens is 222 g/mol. The van der Waals surface area contributed by atoms with Gasteiger partial charge < -0.3 is 5.11 Å². The van der Waals surface area contributed by atoms with E-state index in [2.05, 4.69) is 10.1 Å². The van der Waals surface area contributed by atoms with Crippen LogP contribution in [0.2, 0.25) is 5.02 Å². The molecule has 0 amide bonds. The molecule has 0 unspecified atom stereocenters. The molecule has 2 rings (SSSR count). The summed E-state index contributed by atoms with van der Waals surface area (Å²) in [4.78, 5) is 25.8. The van der Waals surface area contributed by atoms with Crippen LogP contribution in [-0.4, -0.2) is 25.7 Å². The number of aliphatic carboxylic acids is 1. The fraction of sp³-hybridized carbons (Fsp3) is 0.125. The van der Waals surface area contributed by atoms with Gasteiger partial charge in [-0.3, -0.25) is 14.7 Å². The molecule has 0 aliphatic heterocycles. The monoisotopic (exact) mass is 227 g/mol. The number of carbonyl (C=O) groups is 1. The van der Waals surface area contributed by atoms with E-state index >= 15 is 0 Å². The number of hydrogen-bond acceptors (Lipinski definition) is 3. The Kier molecular flexibility index (Phi) is 2.20. The molecule has 0 atom stereocenters. The highest BCUT2D eigenvalue weighted by Crippen LogP contribution is 2.12. The minimum atomic E-state index is -1.04. The Morgan fingerprint density at radius 3 is 3.07 bits per heavy atom. The fourth-order valence-electron chi connectivity index (χ4n) is 1.25. The zero-order valence-corrected chi connectivity index (χ0v) is 8.15. The van der Waals surface area contributed by atoms with Gasteiger partial charge in [0.05, 0.1) is 12.1 Å². The standard InChI is InChI=1S/C8H6ClN3O3/c9-5-3-10-12-6(13)1-4(2-7(14)15)11-8(5)12/h1,3,10H,2H2,(H,14,15). The summed E-state index contributed by atoms with van der Waals surface area (Å²) in [6.45, 7) is 0. The SMILES string of the molecule is O=C(O)Cc1cc(=O)n2[nH]cc(Cl)c2n1. The van der Waals surface area contributed by atoms with Crippen LogP contribution in [-0.2, 0) is 11.2 Å². The molecule has 0 aliphatic rings. The van der Waals surface area contributed by atoms with Gasteiger partial charge in [-0.05, 0) is 0 Å². The number of nitrogens with zero attached hydrogens (tertiary/aromatic N) is 2. The quantitative estimate of drug-likeness (QED) is 0.773. The molecule has 78 valence electrons. The lowest BCUT2D eigenvalue weighted by Crippen LogP contribution is -2.16. The highest BCUT2D eigenvalue weighted by molar-refractivity contribution is 6.33. The van der Waals surface area contributed by atoms with Crippen LogP contribution in [0.25, 0.3) is 5.65 Å². The van der Waals surface area contributed by atoms with Crippen LogP contribution in [0.15, 0.2) is 17.1 Å². The smallest absolute Gasteiger partial charge is 0.309 e. The highest BCUT2D eigenvalue weighted by Gasteiger charge is 2.09. The Bertz CT molecular complexity index is 586. The van der Waals surface area contributed by atoms with Crippen molar-refractivity contribution in [3.05, 3.63) is 33.3 Å². The topological polar surface area (TPSA) is 87.5 Å². The Balaban J connectivity index is 2.65. The predicted molar refractivity (Wildman–Crippen MR) is 52.2 cm³/mol. The van der Waals surface area contributed by atoms with Gasteiger partial charge in [-0.1, -0.05) is 11.6 Å². The average molecular weight is 228 g/mol. The van der Waals surface area contributed by atoms with E-state index in [-0.39, 0.29) is 28.3 Å². The molecule has 2 aromatic heterocycles. The normalized spacial score (nSPS) is 10.7. The number of aromatic nitrogens is 3. The van der Waals surface area contributed by atoms with E-state index in [1.807, 2.05) is 0 Å². The zero-order valence-electron chi connectivity index (χ0n) is 7.40. The molecule has 2 aromatic rings. The van der Waals surface area contributed by atoms with Crippen LogP contribution < -0.4 is 5.56 Å². The predicted octanol–water partition coefficient (Wildman–Crippen LogP) is 0.303. The molecule has 0 spiro atoms. The first kappa shape index (κ1) is 9.72. The fourth-order valence-corrected chi connectivity index (χ4v) is 1.42. The van der Waals surface area contributed by atoms with E-state index in [1.54, 1.807) is 0 Å². The lowest BCUT2D eigenvalue weighted by Gasteiger charge is -1.97. The van der Waals surface area contributed by atoms with Crippen molar-refractivity contribution in [1.29, 1.82) is 0 Å². The third kappa shape index (κ3) is 1.71. The summed E-state index contributed by atoms with van der Waals surface area (Å²) in [5.41, 5.74) is 0.0394. The Morgan fingerprint density at radius 2 is 2.40 bits per heavy atom. The van der Waals surface area contributed by atoms with Crippen LogP contribution >= 0.6 is 11.6 Å². The van der Waals surface area contributed by atoms with Gasteiger partial charge in [-0.25, -0.2) is 9.50 Å². The molecule has 0 fully saturated rings. The second-order valence-electron chi connectivity index (χ2n) is 2.94. The summed E-state index contributed by atoms with van der Waals surface area (Å²) in [7, 11) is 0. The highest BCUT2D eigenvalue weighted by atomic mass is 35.5. The van der Waals surface area contributed by atoms with E-state index in [0.717, 1.165) is 10.6 Å². The van der Waals surface area contributed by atoms with Gasteiger partial charge in [-0.15, -0.1) is 0 Å². The van der Waals surface area contributed by atoms with Crippen molar-refractivity contribution in [2.75, 3.05) is 0 Å². The van der Waals surface area contributed by atoms with E-state index in [1.165, 1.54) is 6.20 Å². The molecule has 0 radical (unpaired) electrons. The van der Waals surface area contributed by atoms with Crippen molar-refractivity contribution in [3.8, 4) is 0 Å². The van der Waals surface area contributed by atoms with Gasteiger partial charge in [0.25, 0.3) is 5.56 Å². The minimum Gasteiger partial charge on any atom is -0.481 e. The van der Waals surface area contributed by atoms with Gasteiger partial charge >= 0.3 is 5.97 Å². The average Bonchev–Trinajstić information content (AvgIpc) is 2.47. The third-order valence-corrected chi connectivity index (χ3v) is 2.12. The number of H-pyrrole nitrogens is 1. The van der Waals surface area contributed by atoms with Crippen LogP contribution in [0.3, 0.4) is 0 Å². The van der Waals surface area contributed by atoms with Crippen LogP contribution in [0.5, 0.6) is 0 Å². The third-order valence-electron chi connectivity index (χ3n) is 1.84. The van der Waals surface area contributed by atoms with Crippen LogP contribution in [0, 0.1) is 0 Å². The molecule has 6 nitrogen and oxygen atoms in total. The summed E-state index contributed by atoms with van der Waals surface area (Å²) in [5, 5.41) is 11.4. The summed E-state index contributed by atoms with van der Waals surface area (Å²) in [6.07, 6.45) is 1.11. The van der Waals surface area contributed by atoms with Crippen molar-refractivity contribution >= 4 is 23.2 Å². The minimum absolute atomic E-state index is 0.189. The number of carboxylic acids is 1. The Morgan fingerprint density at radius 1 is 1.67 bits per heavy atom. The molecule has 0 saturated carbocycles. The summed E-state index contributed by atoms with van der Waals surface area (Å²) in [5.74, 6) is -1.04. The molecule has 0 saturated heterocycles. The molecular formula is C8H6ClN3O3. The molecule has 7 heteroatoms. The second-order valence-corrected chi connectivity index (χ2v) is 3.34. The van der Waals surface area contributed by atoms with Crippen molar-refractivity contribution in [2.45, 2.75) is 6.42 Å². The number of aromatic amines is 1. The largest absolute Gasteiger partial charge is 0.481 e. The van der Waals surface area contributed by atoms with E-state index < -0.39 is 5.97 Å². The maximum absolute atomic E-state index is 11.4. The maximum Gasteiger partial charge on any atom is 0.309 e. The summed E-state index contributed by atoms with van der Waals surface area (Å²) >= 11 is 5.75. The maximum atomic E-state index is 11.4. The first-order chi connectivity index (χ1) is 7.08. The Labute approximate surface area is 88.1 Å². The lowest BCUT2D eigenvalue weighted by atomic mass is 10.3. The number of fused-ring (bicyclic) bond motifs is 1. The molecule has 0 bridgehead atoms. The second kappa shape index (κ2) is 3.39. The first-order valence-electron chi connectivity index (χ1n) is 4.05. The molecule has 0 aliphatic carbocycles. The Hall–Kier alpha value is -1.82. The number of halogens is 1. The van der Waals surface area contributed by atoms with Crippen molar-refractivity contribution in [3.63, 3.8) is 0 Å². The van der Waals surface area contributed by atoms with Crippen LogP contribution in [0.1, 0.15) is 5.69 Å². The lowest BCUT2D eigenvalue weighted by molar-refractivity contribution is -0.136. The number of rotatable bonds is 2. The number of carboxylic acid groups (broad SMARTS) is 1. The first-order valence-corrected chi connectivity index (χ1v) is 4.43. The van der Waals surface area contributed by atoms with Crippen LogP contribution in [0.4, 0.5) is 0 Å².